The second kappa shape index (κ2) is 11.2. The van der Waals surface area contributed by atoms with Crippen LogP contribution in [0.5, 0.6) is 11.5 Å². The molecule has 11 heteroatoms. The maximum Gasteiger partial charge on any atom is 0.250 e. The molecule has 0 spiro atoms. The number of benzene rings is 2. The standard InChI is InChI=1S/C19H17ClN4O3S3/c1-27-16-8-12(6-7-15(16)25)9-21-22-17(26)11-29-19-24-23-18(30-19)28-10-13-4-2-3-5-14(13)20/h2-9,25H,10-11H2,1H3,(H,22,26)/b21-9-. The summed E-state index contributed by atoms with van der Waals surface area (Å²) in [5, 5.41) is 22.5. The lowest BCUT2D eigenvalue weighted by Crippen LogP contribution is -2.19. The van der Waals surface area contributed by atoms with Crippen LogP contribution in [0.3, 0.4) is 0 Å². The molecule has 0 saturated carbocycles. The zero-order valence-corrected chi connectivity index (χ0v) is 18.9. The smallest absolute Gasteiger partial charge is 0.250 e. The summed E-state index contributed by atoms with van der Waals surface area (Å²) in [4.78, 5) is 12.0. The molecule has 2 aromatic carbocycles. The number of carbonyl (C=O) groups is 1. The molecule has 1 heterocycles. The van der Waals surface area contributed by atoms with Crippen LogP contribution in [0.25, 0.3) is 0 Å². The molecule has 7 nitrogen and oxygen atoms in total. The number of aromatic nitrogens is 2. The van der Waals surface area contributed by atoms with Gasteiger partial charge in [0, 0.05) is 10.8 Å². The highest BCUT2D eigenvalue weighted by atomic mass is 35.5. The Balaban J connectivity index is 1.43. The third-order valence-electron chi connectivity index (χ3n) is 3.63. The minimum atomic E-state index is -0.262. The lowest BCUT2D eigenvalue weighted by molar-refractivity contribution is -0.118. The van der Waals surface area contributed by atoms with Gasteiger partial charge in [-0.05, 0) is 35.4 Å². The minimum Gasteiger partial charge on any atom is -0.504 e. The number of methoxy groups -OCH3 is 1. The third-order valence-corrected chi connectivity index (χ3v) is 7.24. The summed E-state index contributed by atoms with van der Waals surface area (Å²) in [5.74, 6) is 0.982. The highest BCUT2D eigenvalue weighted by Gasteiger charge is 2.09. The Kier molecular flexibility index (Phi) is 8.38. The van der Waals surface area contributed by atoms with Crippen molar-refractivity contribution in [2.24, 2.45) is 5.10 Å². The van der Waals surface area contributed by atoms with Crippen molar-refractivity contribution in [2.45, 2.75) is 14.4 Å². The fourth-order valence-electron chi connectivity index (χ4n) is 2.18. The number of hydrogen-bond acceptors (Lipinski definition) is 9. The number of rotatable bonds is 9. The first-order chi connectivity index (χ1) is 14.5. The summed E-state index contributed by atoms with van der Waals surface area (Å²) in [5.41, 5.74) is 4.18. The summed E-state index contributed by atoms with van der Waals surface area (Å²) in [6.07, 6.45) is 1.47. The molecule has 30 heavy (non-hydrogen) atoms. The van der Waals surface area contributed by atoms with E-state index in [1.54, 1.807) is 23.9 Å². The van der Waals surface area contributed by atoms with E-state index >= 15 is 0 Å². The van der Waals surface area contributed by atoms with E-state index in [0.717, 1.165) is 14.9 Å². The van der Waals surface area contributed by atoms with Crippen molar-refractivity contribution < 1.29 is 14.6 Å². The molecule has 0 aliphatic rings. The number of nitrogens with one attached hydrogen (secondary N) is 1. The van der Waals surface area contributed by atoms with Crippen LogP contribution in [0.15, 0.2) is 56.2 Å². The number of hydrazone groups is 1. The lowest BCUT2D eigenvalue weighted by atomic mass is 10.2. The number of hydrogen-bond donors (Lipinski definition) is 2. The largest absolute Gasteiger partial charge is 0.504 e. The van der Waals surface area contributed by atoms with E-state index in [4.69, 9.17) is 16.3 Å². The quantitative estimate of drug-likeness (QED) is 0.265. The van der Waals surface area contributed by atoms with Crippen molar-refractivity contribution in [1.29, 1.82) is 0 Å². The molecule has 0 radical (unpaired) electrons. The van der Waals surface area contributed by atoms with Gasteiger partial charge in [0.25, 0.3) is 5.91 Å². The van der Waals surface area contributed by atoms with Crippen molar-refractivity contribution in [2.75, 3.05) is 12.9 Å². The van der Waals surface area contributed by atoms with E-state index in [1.165, 1.54) is 42.5 Å². The van der Waals surface area contributed by atoms with Gasteiger partial charge in [0.05, 0.1) is 19.1 Å². The summed E-state index contributed by atoms with van der Waals surface area (Å²) in [6.45, 7) is 0. The number of halogens is 1. The van der Waals surface area contributed by atoms with Crippen molar-refractivity contribution in [3.05, 3.63) is 58.6 Å². The van der Waals surface area contributed by atoms with Crippen LogP contribution in [0.4, 0.5) is 0 Å². The van der Waals surface area contributed by atoms with Crippen LogP contribution in [0, 0.1) is 0 Å². The Bertz CT molecular complexity index is 1050. The van der Waals surface area contributed by atoms with Gasteiger partial charge in [0.1, 0.15) is 0 Å². The van der Waals surface area contributed by atoms with Crippen molar-refractivity contribution >= 4 is 58.6 Å². The van der Waals surface area contributed by atoms with Gasteiger partial charge in [0.15, 0.2) is 20.2 Å². The fraction of sp³-hybridized carbons (Fsp3) is 0.158. The predicted octanol–water partition coefficient (Wildman–Crippen LogP) is 4.44. The normalized spacial score (nSPS) is 11.0. The van der Waals surface area contributed by atoms with E-state index in [-0.39, 0.29) is 17.4 Å². The van der Waals surface area contributed by atoms with E-state index in [1.807, 2.05) is 24.3 Å². The zero-order chi connectivity index (χ0) is 21.3. The number of thioether (sulfide) groups is 2. The Morgan fingerprint density at radius 3 is 2.80 bits per heavy atom. The number of ether oxygens (including phenoxy) is 1. The number of carbonyl (C=O) groups excluding carboxylic acids is 1. The van der Waals surface area contributed by atoms with Gasteiger partial charge in [-0.15, -0.1) is 10.2 Å². The summed E-state index contributed by atoms with van der Waals surface area (Å²) >= 11 is 10.4. The highest BCUT2D eigenvalue weighted by molar-refractivity contribution is 8.03. The number of aromatic hydroxyl groups is 1. The maximum atomic E-state index is 12.0. The molecule has 0 atom stereocenters. The number of phenols is 1. The average molecular weight is 481 g/mol. The monoisotopic (exact) mass is 480 g/mol. The van der Waals surface area contributed by atoms with Crippen LogP contribution in [-0.4, -0.2) is 40.3 Å². The van der Waals surface area contributed by atoms with Gasteiger partial charge in [0.2, 0.25) is 0 Å². The van der Waals surface area contributed by atoms with Gasteiger partial charge in [-0.1, -0.05) is 64.7 Å². The topological polar surface area (TPSA) is 96.7 Å². The van der Waals surface area contributed by atoms with E-state index in [9.17, 15) is 9.90 Å². The van der Waals surface area contributed by atoms with Crippen LogP contribution < -0.4 is 10.2 Å². The molecule has 156 valence electrons. The van der Waals surface area contributed by atoms with Crippen LogP contribution >= 0.6 is 46.5 Å². The molecule has 0 aliphatic heterocycles. The van der Waals surface area contributed by atoms with E-state index in [0.29, 0.717) is 21.4 Å². The molecule has 3 rings (SSSR count). The number of amides is 1. The zero-order valence-electron chi connectivity index (χ0n) is 15.7. The van der Waals surface area contributed by atoms with Gasteiger partial charge in [-0.3, -0.25) is 4.79 Å². The molecule has 0 aliphatic carbocycles. The first kappa shape index (κ1) is 22.4. The SMILES string of the molecule is COc1cc(/C=N\NC(=O)CSc2nnc(SCc3ccccc3Cl)s2)ccc1O. The van der Waals surface area contributed by atoms with E-state index in [2.05, 4.69) is 20.7 Å². The molecule has 0 bridgehead atoms. The van der Waals surface area contributed by atoms with E-state index < -0.39 is 0 Å². The minimum absolute atomic E-state index is 0.0385. The van der Waals surface area contributed by atoms with Gasteiger partial charge in [-0.25, -0.2) is 5.43 Å². The Labute approximate surface area is 190 Å². The second-order valence-corrected chi connectivity index (χ2v) is 9.56. The molecule has 1 amide bonds. The molecular weight excluding hydrogens is 464 g/mol. The maximum absolute atomic E-state index is 12.0. The van der Waals surface area contributed by atoms with Gasteiger partial charge >= 0.3 is 0 Å². The number of nitrogens with zero attached hydrogens (tertiary/aromatic N) is 3. The molecule has 3 aromatic rings. The molecule has 2 N–H and O–H groups in total. The molecule has 1 aromatic heterocycles. The second-order valence-electron chi connectivity index (χ2n) is 5.73. The number of phenolic OH excluding ortho intramolecular Hbond substituents is 1. The summed E-state index contributed by atoms with van der Waals surface area (Å²) in [7, 11) is 1.46. The Hall–Kier alpha value is -2.27. The van der Waals surface area contributed by atoms with Gasteiger partial charge in [-0.2, -0.15) is 5.10 Å². The van der Waals surface area contributed by atoms with Gasteiger partial charge < -0.3 is 9.84 Å². The van der Waals surface area contributed by atoms with Crippen molar-refractivity contribution in [3.8, 4) is 11.5 Å². The molecule has 0 fully saturated rings. The first-order valence-corrected chi connectivity index (χ1v) is 11.7. The predicted molar refractivity (Wildman–Crippen MR) is 122 cm³/mol. The summed E-state index contributed by atoms with van der Waals surface area (Å²) in [6, 6.07) is 12.4. The lowest BCUT2D eigenvalue weighted by Gasteiger charge is -2.03. The van der Waals surface area contributed by atoms with Crippen molar-refractivity contribution in [1.82, 2.24) is 15.6 Å². The Morgan fingerprint density at radius 2 is 2.03 bits per heavy atom. The molecular formula is C19H17ClN4O3S3. The molecule has 0 saturated heterocycles. The molecule has 0 unspecified atom stereocenters. The highest BCUT2D eigenvalue weighted by Crippen LogP contribution is 2.32. The van der Waals surface area contributed by atoms with Crippen LogP contribution in [0.2, 0.25) is 5.02 Å². The third kappa shape index (κ3) is 6.63. The van der Waals surface area contributed by atoms with Crippen molar-refractivity contribution in [3.63, 3.8) is 0 Å². The van der Waals surface area contributed by atoms with Crippen LogP contribution in [0.1, 0.15) is 11.1 Å². The summed E-state index contributed by atoms with van der Waals surface area (Å²) < 4.78 is 6.55. The Morgan fingerprint density at radius 1 is 1.27 bits per heavy atom. The van der Waals surface area contributed by atoms with Crippen LogP contribution in [-0.2, 0) is 10.5 Å². The first-order valence-electron chi connectivity index (χ1n) is 8.56. The average Bonchev–Trinajstić information content (AvgIpc) is 3.21. The fourth-order valence-corrected chi connectivity index (χ4v) is 5.28.